The zero-order valence-electron chi connectivity index (χ0n) is 10.3. The summed E-state index contributed by atoms with van der Waals surface area (Å²) in [6.45, 7) is 2.06. The number of nitrogens with zero attached hydrogens (tertiary/aromatic N) is 2. The molecule has 6 nitrogen and oxygen atoms in total. The second-order valence-electron chi connectivity index (χ2n) is 3.94. The van der Waals surface area contributed by atoms with E-state index in [2.05, 4.69) is 9.97 Å². The molecule has 0 atom stereocenters. The van der Waals surface area contributed by atoms with Crippen LogP contribution < -0.4 is 10.5 Å². The minimum absolute atomic E-state index is 0.0640. The topological polar surface area (TPSA) is 98.3 Å². The van der Waals surface area contributed by atoms with Crippen molar-refractivity contribution in [1.82, 2.24) is 9.97 Å². The molecule has 6 heteroatoms. The van der Waals surface area contributed by atoms with E-state index in [1.165, 1.54) is 6.20 Å². The van der Waals surface area contributed by atoms with E-state index in [9.17, 15) is 4.79 Å². The van der Waals surface area contributed by atoms with Gasteiger partial charge < -0.3 is 15.6 Å². The number of aromatic carboxylic acids is 1. The number of aryl methyl sites for hydroxylation is 1. The largest absolute Gasteiger partial charge is 0.485 e. The fraction of sp³-hybridized carbons (Fsp3) is 0.154. The predicted octanol–water partition coefficient (Wildman–Crippen LogP) is 1.64. The smallest absolute Gasteiger partial charge is 0.341 e. The van der Waals surface area contributed by atoms with Gasteiger partial charge in [0.2, 0.25) is 0 Å². The first kappa shape index (κ1) is 12.8. The lowest BCUT2D eigenvalue weighted by Gasteiger charge is -2.08. The lowest BCUT2D eigenvalue weighted by molar-refractivity contribution is 0.0697. The summed E-state index contributed by atoms with van der Waals surface area (Å²) in [5.41, 5.74) is 6.42. The molecule has 3 N–H and O–H groups in total. The van der Waals surface area contributed by atoms with Crippen LogP contribution in [-0.4, -0.2) is 21.0 Å². The highest BCUT2D eigenvalue weighted by Crippen LogP contribution is 2.17. The first-order valence-corrected chi connectivity index (χ1v) is 5.61. The number of para-hydroxylation sites is 1. The van der Waals surface area contributed by atoms with Gasteiger partial charge in [-0.2, -0.15) is 0 Å². The molecule has 0 aliphatic rings. The summed E-state index contributed by atoms with van der Waals surface area (Å²) in [7, 11) is 0. The summed E-state index contributed by atoms with van der Waals surface area (Å²) in [5.74, 6) is -0.146. The molecule has 0 fully saturated rings. The number of anilines is 1. The van der Waals surface area contributed by atoms with Crippen molar-refractivity contribution >= 4 is 11.8 Å². The number of ether oxygens (including phenoxy) is 1. The van der Waals surface area contributed by atoms with Crippen LogP contribution in [-0.2, 0) is 6.61 Å². The molecule has 0 unspecified atom stereocenters. The van der Waals surface area contributed by atoms with Gasteiger partial charge in [-0.3, -0.25) is 0 Å². The quantitative estimate of drug-likeness (QED) is 0.866. The maximum atomic E-state index is 10.8. The van der Waals surface area contributed by atoms with Crippen LogP contribution >= 0.6 is 0 Å². The Bertz CT molecular complexity index is 614. The van der Waals surface area contributed by atoms with Gasteiger partial charge in [0.1, 0.15) is 23.7 Å². The molecule has 0 amide bonds. The van der Waals surface area contributed by atoms with Crippen LogP contribution in [0.1, 0.15) is 21.7 Å². The number of benzene rings is 1. The van der Waals surface area contributed by atoms with Crippen LogP contribution in [0.3, 0.4) is 0 Å². The van der Waals surface area contributed by atoms with Crippen molar-refractivity contribution in [2.75, 3.05) is 5.73 Å². The lowest BCUT2D eigenvalue weighted by Crippen LogP contribution is -2.10. The van der Waals surface area contributed by atoms with Gasteiger partial charge in [-0.15, -0.1) is 0 Å². The maximum Gasteiger partial charge on any atom is 0.341 e. The molecule has 2 rings (SSSR count). The number of nitrogens with two attached hydrogens (primary N) is 1. The molecule has 0 saturated carbocycles. The minimum Gasteiger partial charge on any atom is -0.485 e. The van der Waals surface area contributed by atoms with E-state index in [4.69, 9.17) is 15.6 Å². The molecule has 0 saturated heterocycles. The summed E-state index contributed by atoms with van der Waals surface area (Å²) in [6, 6.07) is 7.55. The fourth-order valence-corrected chi connectivity index (χ4v) is 1.53. The Hall–Kier alpha value is -2.63. The zero-order valence-corrected chi connectivity index (χ0v) is 10.3. The van der Waals surface area contributed by atoms with Crippen LogP contribution in [0.2, 0.25) is 0 Å². The molecule has 1 aromatic carbocycles. The highest BCUT2D eigenvalue weighted by atomic mass is 16.5. The first-order valence-electron chi connectivity index (χ1n) is 5.61. The van der Waals surface area contributed by atoms with Crippen molar-refractivity contribution < 1.29 is 14.6 Å². The average molecular weight is 259 g/mol. The number of carboxylic acid groups (broad SMARTS) is 1. The van der Waals surface area contributed by atoms with Crippen molar-refractivity contribution in [3.05, 3.63) is 47.4 Å². The van der Waals surface area contributed by atoms with E-state index in [0.29, 0.717) is 5.82 Å². The van der Waals surface area contributed by atoms with Crippen LogP contribution in [0.25, 0.3) is 0 Å². The standard InChI is InChI=1S/C13H13N3O3/c1-8-4-2-3-5-10(8)19-7-11-15-6-9(13(17)18)12(14)16-11/h2-6H,7H2,1H3,(H,17,18)(H2,14,15,16). The average Bonchev–Trinajstić information content (AvgIpc) is 2.37. The van der Waals surface area contributed by atoms with Crippen molar-refractivity contribution in [3.8, 4) is 5.75 Å². The molecule has 0 aliphatic heterocycles. The van der Waals surface area contributed by atoms with Gasteiger partial charge in [0.15, 0.2) is 5.82 Å². The summed E-state index contributed by atoms with van der Waals surface area (Å²) in [6.07, 6.45) is 1.18. The minimum atomic E-state index is -1.15. The highest BCUT2D eigenvalue weighted by molar-refractivity contribution is 5.92. The van der Waals surface area contributed by atoms with Crippen LogP contribution in [0.5, 0.6) is 5.75 Å². The molecule has 0 spiro atoms. The van der Waals surface area contributed by atoms with E-state index >= 15 is 0 Å². The monoisotopic (exact) mass is 259 g/mol. The highest BCUT2D eigenvalue weighted by Gasteiger charge is 2.11. The Labute approximate surface area is 109 Å². The lowest BCUT2D eigenvalue weighted by atomic mass is 10.2. The third-order valence-electron chi connectivity index (χ3n) is 2.55. The SMILES string of the molecule is Cc1ccccc1OCc1ncc(C(=O)O)c(N)n1. The Kier molecular flexibility index (Phi) is 3.61. The Morgan fingerprint density at radius 2 is 2.16 bits per heavy atom. The second kappa shape index (κ2) is 5.34. The Morgan fingerprint density at radius 3 is 2.79 bits per heavy atom. The van der Waals surface area contributed by atoms with E-state index in [0.717, 1.165) is 11.3 Å². The van der Waals surface area contributed by atoms with Crippen molar-refractivity contribution in [2.45, 2.75) is 13.5 Å². The van der Waals surface area contributed by atoms with E-state index < -0.39 is 5.97 Å². The molecule has 0 aliphatic carbocycles. The number of nitrogen functional groups attached to an aromatic ring is 1. The first-order chi connectivity index (χ1) is 9.08. The third-order valence-corrected chi connectivity index (χ3v) is 2.55. The molecule has 19 heavy (non-hydrogen) atoms. The molecule has 1 aromatic heterocycles. The molecule has 2 aromatic rings. The zero-order chi connectivity index (χ0) is 13.8. The number of hydrogen-bond donors (Lipinski definition) is 2. The number of aromatic nitrogens is 2. The van der Waals surface area contributed by atoms with Gasteiger partial charge in [-0.1, -0.05) is 18.2 Å². The Balaban J connectivity index is 2.11. The van der Waals surface area contributed by atoms with Gasteiger partial charge in [0, 0.05) is 6.20 Å². The summed E-state index contributed by atoms with van der Waals surface area (Å²) in [4.78, 5) is 18.6. The van der Waals surface area contributed by atoms with E-state index in [-0.39, 0.29) is 18.0 Å². The van der Waals surface area contributed by atoms with Gasteiger partial charge in [-0.25, -0.2) is 14.8 Å². The van der Waals surface area contributed by atoms with Gasteiger partial charge >= 0.3 is 5.97 Å². The van der Waals surface area contributed by atoms with Gasteiger partial charge in [0.05, 0.1) is 0 Å². The van der Waals surface area contributed by atoms with Crippen LogP contribution in [0, 0.1) is 6.92 Å². The number of carboxylic acids is 1. The predicted molar refractivity (Wildman–Crippen MR) is 68.9 cm³/mol. The molecule has 1 heterocycles. The molecule has 0 radical (unpaired) electrons. The number of rotatable bonds is 4. The molecule has 0 bridgehead atoms. The fourth-order valence-electron chi connectivity index (χ4n) is 1.53. The van der Waals surface area contributed by atoms with Crippen molar-refractivity contribution in [3.63, 3.8) is 0 Å². The molecular weight excluding hydrogens is 246 g/mol. The number of hydrogen-bond acceptors (Lipinski definition) is 5. The van der Waals surface area contributed by atoms with E-state index in [1.807, 2.05) is 31.2 Å². The Morgan fingerprint density at radius 1 is 1.42 bits per heavy atom. The maximum absolute atomic E-state index is 10.8. The van der Waals surface area contributed by atoms with Crippen LogP contribution in [0.15, 0.2) is 30.5 Å². The summed E-state index contributed by atoms with van der Waals surface area (Å²) >= 11 is 0. The summed E-state index contributed by atoms with van der Waals surface area (Å²) in [5, 5.41) is 8.81. The second-order valence-corrected chi connectivity index (χ2v) is 3.94. The third kappa shape index (κ3) is 2.98. The summed E-state index contributed by atoms with van der Waals surface area (Å²) < 4.78 is 5.55. The van der Waals surface area contributed by atoms with Gasteiger partial charge in [-0.05, 0) is 18.6 Å². The van der Waals surface area contributed by atoms with Crippen molar-refractivity contribution in [2.24, 2.45) is 0 Å². The van der Waals surface area contributed by atoms with Crippen LogP contribution in [0.4, 0.5) is 5.82 Å². The number of carbonyl (C=O) groups is 1. The molecule has 98 valence electrons. The normalized spacial score (nSPS) is 10.2. The van der Waals surface area contributed by atoms with Gasteiger partial charge in [0.25, 0.3) is 0 Å². The van der Waals surface area contributed by atoms with E-state index in [1.54, 1.807) is 0 Å². The molecular formula is C13H13N3O3. The van der Waals surface area contributed by atoms with Crippen molar-refractivity contribution in [1.29, 1.82) is 0 Å².